The molecule has 0 aliphatic carbocycles. The van der Waals surface area contributed by atoms with E-state index in [2.05, 4.69) is 6.92 Å². The van der Waals surface area contributed by atoms with Gasteiger partial charge in [-0.05, 0) is 5.75 Å². The third kappa shape index (κ3) is 1.87. The monoisotopic (exact) mass is 211 g/mol. The van der Waals surface area contributed by atoms with Crippen LogP contribution in [-0.2, 0) is 4.79 Å². The van der Waals surface area contributed by atoms with Gasteiger partial charge in [-0.25, -0.2) is 0 Å². The number of carbonyl (C=O) groups is 1. The Morgan fingerprint density at radius 2 is 2.58 bits per heavy atom. The number of rotatable bonds is 2. The number of amides is 1. The summed E-state index contributed by atoms with van der Waals surface area (Å²) in [5.41, 5.74) is 0. The van der Waals surface area contributed by atoms with Crippen molar-refractivity contribution in [3.8, 4) is 0 Å². The number of β-lactam (4-membered cyclic amide) rings is 1. The Hall–Kier alpha value is 0.910. The Morgan fingerprint density at radius 1 is 1.83 bits per heavy atom. The Balaban J connectivity index is 0.000000720. The van der Waals surface area contributed by atoms with Crippen LogP contribution in [0, 0.1) is 0 Å². The Kier molecular flexibility index (Phi) is 4.05. The van der Waals surface area contributed by atoms with Crippen LogP contribution >= 0.6 is 23.5 Å². The zero-order valence-corrected chi connectivity index (χ0v) is 7.87. The molecular weight excluding hydrogens is 201 g/mol. The molecule has 0 N–H and O–H groups in total. The molecule has 0 bridgehead atoms. The minimum atomic E-state index is 0. The van der Waals surface area contributed by atoms with Crippen LogP contribution in [0.2, 0.25) is 0 Å². The summed E-state index contributed by atoms with van der Waals surface area (Å²) in [5, 5.41) is 0.441. The molecule has 12 heavy (non-hydrogen) atoms. The predicted octanol–water partition coefficient (Wildman–Crippen LogP) is 1.20. The molecule has 62 valence electrons. The van der Waals surface area contributed by atoms with Crippen LogP contribution in [0.15, 0.2) is 10.4 Å². The van der Waals surface area contributed by atoms with Gasteiger partial charge in [-0.3, -0.25) is 4.79 Å². The molecule has 2 rings (SSSR count). The van der Waals surface area contributed by atoms with Crippen LogP contribution in [0.25, 0.3) is 0 Å². The number of thioether (sulfide) groups is 2. The summed E-state index contributed by atoms with van der Waals surface area (Å²) in [7, 11) is 0. The van der Waals surface area contributed by atoms with E-state index in [9.17, 15) is 4.79 Å². The molecule has 0 radical (unpaired) electrons. The van der Waals surface area contributed by atoms with Crippen LogP contribution in [0.1, 0.15) is 13.3 Å². The molecule has 2 aliphatic rings. The zero-order chi connectivity index (χ0) is 7.84. The molecule has 1 saturated heterocycles. The van der Waals surface area contributed by atoms with Crippen molar-refractivity contribution < 1.29 is 4.79 Å². The first kappa shape index (κ1) is 11.0. The summed E-state index contributed by atoms with van der Waals surface area (Å²) in [6, 6.07) is 0. The van der Waals surface area contributed by atoms with E-state index < -0.39 is 0 Å². The number of fused-ring (bicyclic) bond motifs is 1. The number of hydrogen-bond acceptors (Lipinski definition) is 3. The van der Waals surface area contributed by atoms with Crippen LogP contribution in [0.4, 0.5) is 0 Å². The van der Waals surface area contributed by atoms with Crippen molar-refractivity contribution >= 4 is 59.0 Å². The molecule has 5 heteroatoms. The van der Waals surface area contributed by atoms with Crippen molar-refractivity contribution in [2.45, 2.75) is 18.7 Å². The van der Waals surface area contributed by atoms with E-state index in [-0.39, 0.29) is 35.5 Å². The maximum absolute atomic E-state index is 10.9. The first-order valence-corrected chi connectivity index (χ1v) is 5.50. The van der Waals surface area contributed by atoms with Gasteiger partial charge in [0.15, 0.2) is 0 Å². The second-order valence-corrected chi connectivity index (χ2v) is 5.24. The standard InChI is InChI=1S/C7H9NOS2.Na.H/c1-2-10-7-4-8-5(9)3-6(8)11-7;;/h4,6H,2-3H2,1H3;;/t6-;;/m1../s1. The van der Waals surface area contributed by atoms with Gasteiger partial charge in [0.2, 0.25) is 5.91 Å². The van der Waals surface area contributed by atoms with Crippen LogP contribution in [0.3, 0.4) is 0 Å². The van der Waals surface area contributed by atoms with E-state index in [0.717, 1.165) is 12.2 Å². The maximum atomic E-state index is 10.9. The van der Waals surface area contributed by atoms with E-state index in [4.69, 9.17) is 0 Å². The molecule has 1 atom stereocenters. The van der Waals surface area contributed by atoms with Gasteiger partial charge in [-0.15, -0.1) is 11.8 Å². The molecule has 0 aromatic heterocycles. The van der Waals surface area contributed by atoms with Gasteiger partial charge in [0.25, 0.3) is 0 Å². The van der Waals surface area contributed by atoms with Crippen molar-refractivity contribution in [1.82, 2.24) is 4.90 Å². The first-order chi connectivity index (χ1) is 5.31. The second-order valence-electron chi connectivity index (χ2n) is 2.46. The van der Waals surface area contributed by atoms with Crippen molar-refractivity contribution in [3.63, 3.8) is 0 Å². The fraction of sp³-hybridized carbons (Fsp3) is 0.571. The van der Waals surface area contributed by atoms with E-state index in [1.54, 1.807) is 0 Å². The van der Waals surface area contributed by atoms with Crippen LogP contribution in [-0.4, -0.2) is 51.5 Å². The van der Waals surface area contributed by atoms with Gasteiger partial charge >= 0.3 is 29.6 Å². The fourth-order valence-electron chi connectivity index (χ4n) is 1.15. The van der Waals surface area contributed by atoms with Gasteiger partial charge < -0.3 is 4.90 Å². The Morgan fingerprint density at radius 3 is 3.08 bits per heavy atom. The SMILES string of the molecule is CCSC1=CN2C(=O)C[C@H]2S1.[NaH]. The van der Waals surface area contributed by atoms with E-state index >= 15 is 0 Å². The molecule has 2 aliphatic heterocycles. The Labute approximate surface area is 103 Å². The van der Waals surface area contributed by atoms with Gasteiger partial charge in [0.1, 0.15) is 0 Å². The molecule has 0 spiro atoms. The van der Waals surface area contributed by atoms with E-state index in [0.29, 0.717) is 5.37 Å². The van der Waals surface area contributed by atoms with Crippen molar-refractivity contribution in [2.24, 2.45) is 0 Å². The summed E-state index contributed by atoms with van der Waals surface area (Å²) in [4.78, 5) is 12.8. The van der Waals surface area contributed by atoms with Gasteiger partial charge in [-0.2, -0.15) is 0 Å². The van der Waals surface area contributed by atoms with Gasteiger partial charge in [0.05, 0.1) is 16.0 Å². The normalized spacial score (nSPS) is 25.8. The van der Waals surface area contributed by atoms with Crippen molar-refractivity contribution in [2.75, 3.05) is 5.75 Å². The summed E-state index contributed by atoms with van der Waals surface area (Å²) < 4.78 is 1.29. The summed E-state index contributed by atoms with van der Waals surface area (Å²) in [5.74, 6) is 1.36. The van der Waals surface area contributed by atoms with E-state index in [1.807, 2.05) is 34.6 Å². The molecule has 0 aromatic carbocycles. The zero-order valence-electron chi connectivity index (χ0n) is 6.24. The summed E-state index contributed by atoms with van der Waals surface area (Å²) in [6.07, 6.45) is 2.71. The van der Waals surface area contributed by atoms with Gasteiger partial charge in [-0.1, -0.05) is 18.7 Å². The molecule has 2 heterocycles. The van der Waals surface area contributed by atoms with Crippen molar-refractivity contribution in [1.29, 1.82) is 0 Å². The molecule has 1 amide bonds. The molecule has 2 nitrogen and oxygen atoms in total. The molecule has 0 unspecified atom stereocenters. The van der Waals surface area contributed by atoms with Gasteiger partial charge in [0, 0.05) is 6.20 Å². The third-order valence-corrected chi connectivity index (χ3v) is 4.06. The number of carbonyl (C=O) groups excluding carboxylic acids is 1. The molecule has 1 fully saturated rings. The molecule has 0 saturated carbocycles. The predicted molar refractivity (Wildman–Crippen MR) is 56.2 cm³/mol. The average Bonchev–Trinajstić information content (AvgIpc) is 2.29. The molecule has 0 aromatic rings. The van der Waals surface area contributed by atoms with Crippen molar-refractivity contribution in [3.05, 3.63) is 10.4 Å². The summed E-state index contributed by atoms with van der Waals surface area (Å²) in [6.45, 7) is 2.13. The average molecular weight is 211 g/mol. The number of nitrogens with zero attached hydrogens (tertiary/aromatic N) is 1. The van der Waals surface area contributed by atoms with E-state index in [1.165, 1.54) is 4.24 Å². The topological polar surface area (TPSA) is 20.3 Å². The first-order valence-electron chi connectivity index (χ1n) is 3.63. The van der Waals surface area contributed by atoms with Crippen LogP contribution in [0.5, 0.6) is 0 Å². The third-order valence-electron chi connectivity index (χ3n) is 1.73. The molecular formula is C7H10NNaOS2. The summed E-state index contributed by atoms with van der Waals surface area (Å²) >= 11 is 3.64. The minimum absolute atomic E-state index is 0. The fourth-order valence-corrected chi connectivity index (χ4v) is 3.54. The number of hydrogen-bond donors (Lipinski definition) is 0. The Bertz CT molecular complexity index is 231. The second kappa shape index (κ2) is 4.42. The quantitative estimate of drug-likeness (QED) is 0.505. The van der Waals surface area contributed by atoms with Crippen LogP contribution < -0.4 is 0 Å².